The maximum Gasteiger partial charge on any atom is 0.270 e. The summed E-state index contributed by atoms with van der Waals surface area (Å²) in [4.78, 5) is 16.9. The minimum atomic E-state index is -0.102. The van der Waals surface area contributed by atoms with E-state index in [1.165, 1.54) is 10.4 Å². The van der Waals surface area contributed by atoms with Crippen LogP contribution in [-0.2, 0) is 32.4 Å². The summed E-state index contributed by atoms with van der Waals surface area (Å²) in [7, 11) is 1.65. The van der Waals surface area contributed by atoms with Crippen LogP contribution in [0.2, 0.25) is 0 Å². The summed E-state index contributed by atoms with van der Waals surface area (Å²) >= 11 is 1.70. The van der Waals surface area contributed by atoms with E-state index in [2.05, 4.69) is 42.0 Å². The summed E-state index contributed by atoms with van der Waals surface area (Å²) in [5.41, 5.74) is 12.1. The van der Waals surface area contributed by atoms with Crippen molar-refractivity contribution in [3.8, 4) is 27.4 Å². The summed E-state index contributed by atoms with van der Waals surface area (Å²) < 4.78 is 7.65. The minimum Gasteiger partial charge on any atom is -0.495 e. The number of benzene rings is 1. The van der Waals surface area contributed by atoms with Gasteiger partial charge in [-0.3, -0.25) is 4.79 Å². The number of aryl methyl sites for hydroxylation is 1. The van der Waals surface area contributed by atoms with Crippen molar-refractivity contribution in [2.45, 2.75) is 45.2 Å². The fourth-order valence-electron chi connectivity index (χ4n) is 4.97. The Morgan fingerprint density at radius 3 is 2.65 bits per heavy atom. The van der Waals surface area contributed by atoms with Crippen molar-refractivity contribution < 1.29 is 29.0 Å². The van der Waals surface area contributed by atoms with Crippen LogP contribution >= 0.6 is 11.3 Å². The van der Waals surface area contributed by atoms with E-state index < -0.39 is 0 Å². The first-order chi connectivity index (χ1) is 14.4. The first kappa shape index (κ1) is 22.1. The molecule has 1 amide bonds. The molecule has 0 aliphatic carbocycles. The third kappa shape index (κ3) is 3.52. The third-order valence-electron chi connectivity index (χ3n) is 6.56. The van der Waals surface area contributed by atoms with Crippen molar-refractivity contribution in [3.63, 3.8) is 0 Å². The van der Waals surface area contributed by atoms with Crippen LogP contribution < -0.4 is 10.5 Å². The summed E-state index contributed by atoms with van der Waals surface area (Å²) in [5.74, 6) is 0.841. The first-order valence-corrected chi connectivity index (χ1v) is 11.3. The number of aromatic nitrogens is 1. The van der Waals surface area contributed by atoms with Crippen LogP contribution in [0.1, 0.15) is 42.7 Å². The molecular formula is C24H27N3O2SZn. The van der Waals surface area contributed by atoms with Crippen LogP contribution in [0.3, 0.4) is 0 Å². The molecule has 1 saturated heterocycles. The largest absolute Gasteiger partial charge is 0.495 e. The van der Waals surface area contributed by atoms with Crippen molar-refractivity contribution >= 4 is 22.9 Å². The Kier molecular flexibility index (Phi) is 5.78. The number of amides is 1. The Labute approximate surface area is 200 Å². The molecule has 31 heavy (non-hydrogen) atoms. The van der Waals surface area contributed by atoms with Gasteiger partial charge in [0.2, 0.25) is 0 Å². The topological polar surface area (TPSA) is 60.5 Å². The zero-order chi connectivity index (χ0) is 21.0. The van der Waals surface area contributed by atoms with E-state index in [0.29, 0.717) is 11.4 Å². The van der Waals surface area contributed by atoms with E-state index in [4.69, 9.17) is 10.5 Å². The van der Waals surface area contributed by atoms with Gasteiger partial charge in [-0.2, -0.15) is 0 Å². The van der Waals surface area contributed by atoms with Crippen LogP contribution in [0.4, 0.5) is 5.69 Å². The summed E-state index contributed by atoms with van der Waals surface area (Å²) in [6.07, 6.45) is 2.95. The Balaban J connectivity index is 0.00000231. The van der Waals surface area contributed by atoms with Gasteiger partial charge in [0.05, 0.1) is 18.5 Å². The molecule has 0 unspecified atom stereocenters. The summed E-state index contributed by atoms with van der Waals surface area (Å²) in [5, 5.41) is 2.08. The Morgan fingerprint density at radius 1 is 1.19 bits per heavy atom. The number of fused-ring (bicyclic) bond motifs is 3. The fourth-order valence-corrected chi connectivity index (χ4v) is 5.71. The summed E-state index contributed by atoms with van der Waals surface area (Å²) in [6.45, 7) is 5.93. The van der Waals surface area contributed by atoms with Crippen molar-refractivity contribution in [2.75, 3.05) is 19.4 Å². The molecule has 2 aromatic heterocycles. The molecule has 0 spiro atoms. The second-order valence-corrected chi connectivity index (χ2v) is 9.74. The second kappa shape index (κ2) is 8.10. The number of nitrogens with two attached hydrogens (primary N) is 1. The van der Waals surface area contributed by atoms with Gasteiger partial charge in [-0.25, -0.2) is 0 Å². The maximum absolute atomic E-state index is 13.7. The van der Waals surface area contributed by atoms with Crippen molar-refractivity contribution in [3.05, 3.63) is 47.0 Å². The molecular weight excluding hydrogens is 460 g/mol. The number of hydrogen-bond acceptors (Lipinski definition) is 4. The van der Waals surface area contributed by atoms with Gasteiger partial charge in [0.25, 0.3) is 5.91 Å². The number of nitrogen functional groups attached to an aromatic ring is 1. The maximum atomic E-state index is 13.7. The van der Waals surface area contributed by atoms with Gasteiger partial charge in [0.15, 0.2) is 0 Å². The van der Waals surface area contributed by atoms with E-state index in [-0.39, 0.29) is 30.9 Å². The van der Waals surface area contributed by atoms with E-state index in [1.807, 2.05) is 17.0 Å². The molecule has 5 rings (SSSR count). The quantitative estimate of drug-likeness (QED) is 0.416. The predicted octanol–water partition coefficient (Wildman–Crippen LogP) is 5.04. The molecule has 1 fully saturated rings. The molecule has 2 aliphatic rings. The summed E-state index contributed by atoms with van der Waals surface area (Å²) in [6, 6.07) is 10.3. The molecule has 4 heterocycles. The molecule has 1 aromatic carbocycles. The smallest absolute Gasteiger partial charge is 0.270 e. The number of likely N-dealkylation sites (tertiary alicyclic amines) is 1. The molecule has 7 heteroatoms. The minimum absolute atomic E-state index is 0. The Hall–Kier alpha value is -2.11. The normalized spacial score (nSPS) is 16.4. The monoisotopic (exact) mass is 485 g/mol. The number of methoxy groups -OCH3 is 1. The van der Waals surface area contributed by atoms with Gasteiger partial charge in [0.1, 0.15) is 11.4 Å². The van der Waals surface area contributed by atoms with Gasteiger partial charge >= 0.3 is 0 Å². The van der Waals surface area contributed by atoms with Crippen LogP contribution in [0.15, 0.2) is 35.7 Å². The number of carbonyl (C=O) groups excluding carboxylic acids is 1. The van der Waals surface area contributed by atoms with Crippen LogP contribution in [-0.4, -0.2) is 34.6 Å². The molecule has 2 N–H and O–H groups in total. The first-order valence-electron chi connectivity index (χ1n) is 10.5. The predicted molar refractivity (Wildman–Crippen MR) is 122 cm³/mol. The average molecular weight is 487 g/mol. The molecule has 5 nitrogen and oxygen atoms in total. The van der Waals surface area contributed by atoms with E-state index in [0.717, 1.165) is 54.9 Å². The van der Waals surface area contributed by atoms with Gasteiger partial charge in [-0.05, 0) is 68.3 Å². The number of carbonyl (C=O) groups is 1. The fraction of sp³-hybridized carbons (Fsp3) is 0.375. The number of rotatable bonds is 3. The molecule has 0 bridgehead atoms. The number of ether oxygens (including phenoxy) is 1. The molecule has 2 aliphatic heterocycles. The zero-order valence-corrected chi connectivity index (χ0v) is 22.2. The van der Waals surface area contributed by atoms with Crippen molar-refractivity contribution in [2.24, 2.45) is 0 Å². The van der Waals surface area contributed by atoms with Gasteiger partial charge in [-0.1, -0.05) is 6.07 Å². The standard InChI is InChI=1S/C24H27N3O2S.Zn/c1-24(2)8-5-9-27(24)23(28)19-14-17(21-6-4-11-30-21)22-16-13-18(25)20(29-3)12-15(16)7-10-26(19)22;/h4,6,11-14H,5,7-10,25H2,1-3H3;. The number of thiophene rings is 1. The van der Waals surface area contributed by atoms with Crippen molar-refractivity contribution in [1.82, 2.24) is 9.47 Å². The number of nitrogens with zero attached hydrogens (tertiary/aromatic N) is 2. The van der Waals surface area contributed by atoms with Crippen LogP contribution in [0, 0.1) is 0 Å². The van der Waals surface area contributed by atoms with E-state index >= 15 is 0 Å². The molecule has 158 valence electrons. The van der Waals surface area contributed by atoms with Gasteiger partial charge in [0, 0.05) is 54.1 Å². The van der Waals surface area contributed by atoms with E-state index in [1.54, 1.807) is 18.4 Å². The molecule has 0 saturated carbocycles. The van der Waals surface area contributed by atoms with Crippen LogP contribution in [0.5, 0.6) is 5.75 Å². The Bertz CT molecular complexity index is 1130. The Morgan fingerprint density at radius 2 is 2.00 bits per heavy atom. The van der Waals surface area contributed by atoms with Gasteiger partial charge in [-0.15, -0.1) is 11.3 Å². The second-order valence-electron chi connectivity index (χ2n) is 8.79. The zero-order valence-electron chi connectivity index (χ0n) is 18.4. The molecule has 0 radical (unpaired) electrons. The molecule has 0 atom stereocenters. The van der Waals surface area contributed by atoms with Crippen LogP contribution in [0.25, 0.3) is 21.7 Å². The number of anilines is 1. The van der Waals surface area contributed by atoms with Crippen molar-refractivity contribution in [1.29, 1.82) is 0 Å². The number of hydrogen-bond donors (Lipinski definition) is 1. The van der Waals surface area contributed by atoms with E-state index in [9.17, 15) is 4.79 Å². The SMILES string of the molecule is COc1cc2c(cc1N)-c1c(-c3cccs3)cc(C(=O)N3CCCC3(C)C)n1CC2.[Zn]. The molecule has 3 aromatic rings. The third-order valence-corrected chi connectivity index (χ3v) is 7.47. The average Bonchev–Trinajstić information content (AvgIpc) is 3.44. The van der Waals surface area contributed by atoms with Gasteiger partial charge < -0.3 is 19.9 Å².